The molecule has 2 heterocycles. The van der Waals surface area contributed by atoms with Gasteiger partial charge in [0.05, 0.1) is 19.0 Å². The zero-order chi connectivity index (χ0) is 19.7. The van der Waals surface area contributed by atoms with Crippen LogP contribution >= 0.6 is 0 Å². The number of aromatic hydroxyl groups is 1. The van der Waals surface area contributed by atoms with E-state index >= 15 is 0 Å². The zero-order valence-electron chi connectivity index (χ0n) is 16.1. The van der Waals surface area contributed by atoms with Crippen LogP contribution in [0, 0.1) is 6.92 Å². The highest BCUT2D eigenvalue weighted by Crippen LogP contribution is 2.40. The van der Waals surface area contributed by atoms with Crippen LogP contribution < -0.4 is 4.74 Å². The maximum atomic E-state index is 10.6. The van der Waals surface area contributed by atoms with Crippen molar-refractivity contribution in [1.29, 1.82) is 0 Å². The molecule has 0 saturated carbocycles. The number of phenols is 1. The summed E-state index contributed by atoms with van der Waals surface area (Å²) in [5.41, 5.74) is 6.13. The highest BCUT2D eigenvalue weighted by molar-refractivity contribution is 5.85. The number of aromatic nitrogens is 4. The molecular weight excluding hydrogens is 352 g/mol. The molecule has 0 aliphatic carbocycles. The number of methoxy groups -OCH3 is 1. The number of aryl methyl sites for hydroxylation is 2. The molecule has 0 aliphatic rings. The van der Waals surface area contributed by atoms with Crippen LogP contribution in [0.15, 0.2) is 54.9 Å². The van der Waals surface area contributed by atoms with E-state index in [0.717, 1.165) is 34.5 Å². The zero-order valence-corrected chi connectivity index (χ0v) is 16.1. The van der Waals surface area contributed by atoms with Crippen LogP contribution in [0.1, 0.15) is 18.2 Å². The molecule has 28 heavy (non-hydrogen) atoms. The summed E-state index contributed by atoms with van der Waals surface area (Å²) in [7, 11) is 1.61. The summed E-state index contributed by atoms with van der Waals surface area (Å²) in [6.07, 6.45) is 4.58. The van der Waals surface area contributed by atoms with E-state index in [4.69, 9.17) is 4.74 Å². The van der Waals surface area contributed by atoms with E-state index < -0.39 is 0 Å². The molecule has 0 radical (unpaired) electrons. The van der Waals surface area contributed by atoms with E-state index in [1.54, 1.807) is 13.2 Å². The molecule has 0 bridgehead atoms. The third-order valence-electron chi connectivity index (χ3n) is 4.87. The van der Waals surface area contributed by atoms with Crippen molar-refractivity contribution in [2.45, 2.75) is 20.3 Å². The Morgan fingerprint density at radius 1 is 1.18 bits per heavy atom. The number of hydrogen-bond donors (Lipinski definition) is 2. The molecule has 0 spiro atoms. The maximum absolute atomic E-state index is 10.6. The van der Waals surface area contributed by atoms with Crippen molar-refractivity contribution < 1.29 is 9.84 Å². The quantitative estimate of drug-likeness (QED) is 0.539. The van der Waals surface area contributed by atoms with Gasteiger partial charge in [0.2, 0.25) is 0 Å². The largest absolute Gasteiger partial charge is 0.507 e. The average Bonchev–Trinajstić information content (AvgIpc) is 3.35. The number of benzene rings is 2. The topological polar surface area (TPSA) is 76.0 Å². The summed E-state index contributed by atoms with van der Waals surface area (Å²) < 4.78 is 7.21. The first-order chi connectivity index (χ1) is 13.6. The Labute approximate surface area is 163 Å². The molecule has 2 N–H and O–H groups in total. The fraction of sp³-hybridized carbons (Fsp3) is 0.182. The van der Waals surface area contributed by atoms with E-state index in [0.29, 0.717) is 17.0 Å². The van der Waals surface area contributed by atoms with Crippen molar-refractivity contribution in [3.8, 4) is 39.6 Å². The van der Waals surface area contributed by atoms with Gasteiger partial charge in [-0.3, -0.25) is 5.10 Å². The van der Waals surface area contributed by atoms with Crippen molar-refractivity contribution in [2.75, 3.05) is 7.11 Å². The van der Waals surface area contributed by atoms with Gasteiger partial charge in [0.25, 0.3) is 0 Å². The van der Waals surface area contributed by atoms with Gasteiger partial charge in [0, 0.05) is 34.6 Å². The normalized spacial score (nSPS) is 11.0. The molecule has 2 aromatic carbocycles. The van der Waals surface area contributed by atoms with Crippen LogP contribution in [0.5, 0.6) is 11.5 Å². The molecule has 0 aliphatic heterocycles. The van der Waals surface area contributed by atoms with Gasteiger partial charge in [-0.2, -0.15) is 10.2 Å². The van der Waals surface area contributed by atoms with Crippen LogP contribution in [0.25, 0.3) is 28.1 Å². The molecule has 0 unspecified atom stereocenters. The second-order valence-corrected chi connectivity index (χ2v) is 6.62. The first kappa shape index (κ1) is 17.9. The second-order valence-electron chi connectivity index (χ2n) is 6.62. The fourth-order valence-corrected chi connectivity index (χ4v) is 3.42. The number of nitrogens with zero attached hydrogens (tertiary/aromatic N) is 3. The minimum atomic E-state index is 0.136. The van der Waals surface area contributed by atoms with Crippen molar-refractivity contribution in [3.05, 3.63) is 66.1 Å². The van der Waals surface area contributed by atoms with Crippen LogP contribution in [0.3, 0.4) is 0 Å². The highest BCUT2D eigenvalue weighted by atomic mass is 16.5. The lowest BCUT2D eigenvalue weighted by atomic mass is 9.98. The van der Waals surface area contributed by atoms with Crippen molar-refractivity contribution in [3.63, 3.8) is 0 Å². The average molecular weight is 374 g/mol. The Bertz CT molecular complexity index is 1110. The van der Waals surface area contributed by atoms with Crippen LogP contribution in [0.4, 0.5) is 0 Å². The summed E-state index contributed by atoms with van der Waals surface area (Å²) in [5.74, 6) is 0.812. The smallest absolute Gasteiger partial charge is 0.128 e. The Balaban J connectivity index is 1.83. The Morgan fingerprint density at radius 3 is 2.68 bits per heavy atom. The molecule has 4 rings (SSSR count). The third kappa shape index (κ3) is 3.03. The van der Waals surface area contributed by atoms with E-state index in [1.165, 1.54) is 0 Å². The van der Waals surface area contributed by atoms with E-state index in [9.17, 15) is 5.11 Å². The Kier molecular flexibility index (Phi) is 4.61. The van der Waals surface area contributed by atoms with Gasteiger partial charge in [-0.15, -0.1) is 0 Å². The summed E-state index contributed by atoms with van der Waals surface area (Å²) in [6.45, 7) is 4.02. The van der Waals surface area contributed by atoms with Crippen LogP contribution in [-0.4, -0.2) is 32.2 Å². The molecule has 142 valence electrons. The van der Waals surface area contributed by atoms with Gasteiger partial charge in [-0.05, 0) is 37.1 Å². The minimum absolute atomic E-state index is 0.136. The molecule has 6 nitrogen and oxygen atoms in total. The number of ether oxygens (including phenoxy) is 1. The lowest BCUT2D eigenvalue weighted by Crippen LogP contribution is -1.93. The predicted octanol–water partition coefficient (Wildman–Crippen LogP) is 4.51. The van der Waals surface area contributed by atoms with Crippen LogP contribution in [-0.2, 0) is 6.42 Å². The van der Waals surface area contributed by atoms with Crippen molar-refractivity contribution >= 4 is 0 Å². The first-order valence-electron chi connectivity index (χ1n) is 9.18. The van der Waals surface area contributed by atoms with Gasteiger partial charge >= 0.3 is 0 Å². The molecule has 0 fully saturated rings. The Morgan fingerprint density at radius 2 is 1.96 bits per heavy atom. The van der Waals surface area contributed by atoms with Crippen molar-refractivity contribution in [2.24, 2.45) is 0 Å². The Hall–Kier alpha value is -3.54. The molecular formula is C22H22N4O2. The lowest BCUT2D eigenvalue weighted by molar-refractivity contribution is 0.403. The van der Waals surface area contributed by atoms with E-state index in [2.05, 4.69) is 22.2 Å². The maximum Gasteiger partial charge on any atom is 0.128 e. The number of rotatable bonds is 5. The third-order valence-corrected chi connectivity index (χ3v) is 4.87. The van der Waals surface area contributed by atoms with Crippen molar-refractivity contribution in [1.82, 2.24) is 20.0 Å². The fourth-order valence-electron chi connectivity index (χ4n) is 3.42. The number of hydrogen-bond acceptors (Lipinski definition) is 4. The minimum Gasteiger partial charge on any atom is -0.507 e. The number of nitrogens with one attached hydrogen (secondary N) is 1. The second kappa shape index (κ2) is 7.23. The van der Waals surface area contributed by atoms with Gasteiger partial charge in [0.15, 0.2) is 0 Å². The summed E-state index contributed by atoms with van der Waals surface area (Å²) in [5, 5.41) is 22.6. The highest BCUT2D eigenvalue weighted by Gasteiger charge is 2.20. The van der Waals surface area contributed by atoms with E-state index in [-0.39, 0.29) is 5.75 Å². The van der Waals surface area contributed by atoms with Gasteiger partial charge in [0.1, 0.15) is 17.2 Å². The van der Waals surface area contributed by atoms with Gasteiger partial charge in [-0.1, -0.05) is 25.1 Å². The SMILES string of the molecule is CCc1cc(-c2n[nH]c(C)c2-c2cnn(-c3ccccc3)c2)c(O)cc1OC. The van der Waals surface area contributed by atoms with Gasteiger partial charge < -0.3 is 9.84 Å². The first-order valence-corrected chi connectivity index (χ1v) is 9.18. The summed E-state index contributed by atoms with van der Waals surface area (Å²) in [4.78, 5) is 0. The molecule has 0 saturated heterocycles. The van der Waals surface area contributed by atoms with Crippen LogP contribution in [0.2, 0.25) is 0 Å². The number of phenolic OH excluding ortho intramolecular Hbond substituents is 1. The number of H-pyrrole nitrogens is 1. The molecule has 0 atom stereocenters. The van der Waals surface area contributed by atoms with Gasteiger partial charge in [-0.25, -0.2) is 4.68 Å². The molecule has 2 aromatic heterocycles. The molecule has 0 amide bonds. The molecule has 4 aromatic rings. The molecule has 6 heteroatoms. The summed E-state index contributed by atoms with van der Waals surface area (Å²) >= 11 is 0. The van der Waals surface area contributed by atoms with E-state index in [1.807, 2.05) is 60.4 Å². The predicted molar refractivity (Wildman–Crippen MR) is 109 cm³/mol. The number of aromatic amines is 1. The summed E-state index contributed by atoms with van der Waals surface area (Å²) in [6, 6.07) is 13.5. The number of para-hydroxylation sites is 1. The standard InChI is InChI=1S/C22H22N4O2/c1-4-15-10-18(19(27)11-20(15)28-3)22-21(14(2)24-25-22)16-12-23-26(13-16)17-8-6-5-7-9-17/h5-13,27H,4H2,1-3H3,(H,24,25). The lowest BCUT2D eigenvalue weighted by Gasteiger charge is -2.11. The monoisotopic (exact) mass is 374 g/mol.